The third-order valence-electron chi connectivity index (χ3n) is 4.62. The molecule has 6 heteroatoms. The molecule has 3 aromatic rings. The maximum Gasteiger partial charge on any atom is 0.257 e. The number of aromatic nitrogens is 1. The lowest BCUT2D eigenvalue weighted by Crippen LogP contribution is -2.23. The Labute approximate surface area is 168 Å². The van der Waals surface area contributed by atoms with Crippen LogP contribution in [-0.2, 0) is 4.79 Å². The van der Waals surface area contributed by atoms with Crippen LogP contribution in [0.5, 0.6) is 0 Å². The highest BCUT2D eigenvalue weighted by Gasteiger charge is 2.12. The molecule has 144 valence electrons. The van der Waals surface area contributed by atoms with Crippen molar-refractivity contribution in [2.45, 2.75) is 33.7 Å². The van der Waals surface area contributed by atoms with Gasteiger partial charge in [0.25, 0.3) is 5.91 Å². The van der Waals surface area contributed by atoms with Crippen LogP contribution in [0.1, 0.15) is 46.9 Å². The molecule has 0 saturated heterocycles. The molecule has 0 saturated carbocycles. The molecule has 1 heterocycles. The van der Waals surface area contributed by atoms with E-state index < -0.39 is 0 Å². The molecule has 0 aliphatic rings. The summed E-state index contributed by atoms with van der Waals surface area (Å²) in [6, 6.07) is 13.5. The molecule has 1 unspecified atom stereocenters. The van der Waals surface area contributed by atoms with Crippen molar-refractivity contribution in [3.05, 3.63) is 70.1 Å². The highest BCUT2D eigenvalue weighted by atomic mass is 32.1. The minimum Gasteiger partial charge on any atom is -0.350 e. The van der Waals surface area contributed by atoms with Crippen LogP contribution in [-0.4, -0.2) is 16.8 Å². The molecular weight excluding hydrogens is 370 g/mol. The molecule has 1 aromatic heterocycles. The third-order valence-corrected chi connectivity index (χ3v) is 5.38. The van der Waals surface area contributed by atoms with Gasteiger partial charge in [0.05, 0.1) is 11.7 Å². The van der Waals surface area contributed by atoms with Crippen LogP contribution >= 0.6 is 11.3 Å². The summed E-state index contributed by atoms with van der Waals surface area (Å²) in [5, 5.41) is 8.22. The fourth-order valence-corrected chi connectivity index (χ4v) is 3.56. The summed E-state index contributed by atoms with van der Waals surface area (Å²) >= 11 is 1.39. The third kappa shape index (κ3) is 4.64. The van der Waals surface area contributed by atoms with Crippen molar-refractivity contribution in [1.82, 2.24) is 10.3 Å². The van der Waals surface area contributed by atoms with Crippen molar-refractivity contribution >= 4 is 28.3 Å². The highest BCUT2D eigenvalue weighted by Crippen LogP contribution is 2.26. The van der Waals surface area contributed by atoms with Crippen molar-refractivity contribution in [2.24, 2.45) is 0 Å². The van der Waals surface area contributed by atoms with Crippen molar-refractivity contribution in [3.63, 3.8) is 0 Å². The van der Waals surface area contributed by atoms with Crippen LogP contribution in [0.25, 0.3) is 11.3 Å². The van der Waals surface area contributed by atoms with E-state index >= 15 is 0 Å². The second kappa shape index (κ2) is 8.35. The number of rotatable bonds is 5. The number of nitrogens with zero attached hydrogens (tertiary/aromatic N) is 1. The maximum atomic E-state index is 12.5. The number of aryl methyl sites for hydroxylation is 2. The first-order valence-electron chi connectivity index (χ1n) is 9.05. The van der Waals surface area contributed by atoms with Gasteiger partial charge in [-0.2, -0.15) is 0 Å². The topological polar surface area (TPSA) is 71.1 Å². The van der Waals surface area contributed by atoms with Gasteiger partial charge in [-0.3, -0.25) is 14.9 Å². The number of amides is 2. The highest BCUT2D eigenvalue weighted by molar-refractivity contribution is 7.14. The fraction of sp³-hybridized carbons (Fsp3) is 0.227. The number of hydrogen-bond acceptors (Lipinski definition) is 4. The van der Waals surface area contributed by atoms with Gasteiger partial charge in [0.1, 0.15) is 0 Å². The predicted molar refractivity (Wildman–Crippen MR) is 114 cm³/mol. The lowest BCUT2D eigenvalue weighted by molar-refractivity contribution is -0.119. The number of nitrogens with one attached hydrogen (secondary N) is 2. The minimum atomic E-state index is -0.163. The molecule has 0 aliphatic heterocycles. The Morgan fingerprint density at radius 2 is 1.75 bits per heavy atom. The zero-order valence-corrected chi connectivity index (χ0v) is 17.2. The van der Waals surface area contributed by atoms with Gasteiger partial charge in [0.15, 0.2) is 5.13 Å². The van der Waals surface area contributed by atoms with E-state index in [1.54, 1.807) is 0 Å². The Hall–Kier alpha value is -2.99. The van der Waals surface area contributed by atoms with Crippen LogP contribution in [0.3, 0.4) is 0 Å². The van der Waals surface area contributed by atoms with Crippen molar-refractivity contribution in [1.29, 1.82) is 0 Å². The number of carbonyl (C=O) groups is 2. The fourth-order valence-electron chi connectivity index (χ4n) is 2.85. The van der Waals surface area contributed by atoms with Gasteiger partial charge < -0.3 is 5.32 Å². The van der Waals surface area contributed by atoms with E-state index in [4.69, 9.17) is 0 Å². The summed E-state index contributed by atoms with van der Waals surface area (Å²) in [5.74, 6) is -0.219. The molecule has 2 aromatic carbocycles. The number of anilines is 1. The van der Waals surface area contributed by atoms with E-state index in [-0.39, 0.29) is 17.9 Å². The summed E-state index contributed by atoms with van der Waals surface area (Å²) in [4.78, 5) is 28.2. The van der Waals surface area contributed by atoms with Crippen molar-refractivity contribution < 1.29 is 9.59 Å². The summed E-state index contributed by atoms with van der Waals surface area (Å²) in [6.45, 7) is 7.46. The zero-order chi connectivity index (χ0) is 20.3. The summed E-state index contributed by atoms with van der Waals surface area (Å²) < 4.78 is 0. The molecule has 1 atom stereocenters. The molecule has 2 N–H and O–H groups in total. The van der Waals surface area contributed by atoms with Gasteiger partial charge in [-0.15, -0.1) is 11.3 Å². The van der Waals surface area contributed by atoms with E-state index in [2.05, 4.69) is 15.6 Å². The Balaban J connectivity index is 1.70. The van der Waals surface area contributed by atoms with Gasteiger partial charge in [0, 0.05) is 23.4 Å². The first kappa shape index (κ1) is 19.8. The number of carbonyl (C=O) groups excluding carboxylic acids is 2. The SMILES string of the molecule is CC(=O)NC(C)c1ccc(-c2csc(NC(=O)c3ccc(C)c(C)c3)n2)cc1. The Morgan fingerprint density at radius 3 is 2.39 bits per heavy atom. The lowest BCUT2D eigenvalue weighted by Gasteiger charge is -2.13. The van der Waals surface area contributed by atoms with Crippen LogP contribution in [0.15, 0.2) is 47.8 Å². The molecule has 0 bridgehead atoms. The largest absolute Gasteiger partial charge is 0.350 e. The standard InChI is InChI=1S/C22H23N3O2S/c1-13-5-6-19(11-14(13)2)21(27)25-22-24-20(12-28-22)18-9-7-17(8-10-18)15(3)23-16(4)26/h5-12,15H,1-4H3,(H,23,26)(H,24,25,27). The molecular formula is C22H23N3O2S. The van der Waals surface area contributed by atoms with Gasteiger partial charge >= 0.3 is 0 Å². The van der Waals surface area contributed by atoms with E-state index in [0.29, 0.717) is 10.7 Å². The molecule has 0 radical (unpaired) electrons. The lowest BCUT2D eigenvalue weighted by atomic mass is 10.1. The average molecular weight is 394 g/mol. The molecule has 5 nitrogen and oxygen atoms in total. The second-order valence-corrected chi connectivity index (χ2v) is 7.69. The molecule has 28 heavy (non-hydrogen) atoms. The van der Waals surface area contributed by atoms with Gasteiger partial charge in [-0.25, -0.2) is 4.98 Å². The summed E-state index contributed by atoms with van der Waals surface area (Å²) in [7, 11) is 0. The smallest absolute Gasteiger partial charge is 0.257 e. The average Bonchev–Trinajstić information content (AvgIpc) is 3.12. The van der Waals surface area contributed by atoms with Crippen LogP contribution in [0, 0.1) is 13.8 Å². The Morgan fingerprint density at radius 1 is 1.04 bits per heavy atom. The number of benzene rings is 2. The van der Waals surface area contributed by atoms with Crippen LogP contribution in [0.2, 0.25) is 0 Å². The number of thiazole rings is 1. The molecule has 0 fully saturated rings. The molecule has 0 aliphatic carbocycles. The van der Waals surface area contributed by atoms with Gasteiger partial charge in [0.2, 0.25) is 5.91 Å². The predicted octanol–water partition coefficient (Wildman–Crippen LogP) is 4.88. The second-order valence-electron chi connectivity index (χ2n) is 6.84. The first-order chi connectivity index (χ1) is 13.3. The minimum absolute atomic E-state index is 0.0465. The summed E-state index contributed by atoms with van der Waals surface area (Å²) in [5.41, 5.74) is 5.65. The van der Waals surface area contributed by atoms with Crippen LogP contribution in [0.4, 0.5) is 5.13 Å². The van der Waals surface area contributed by atoms with Gasteiger partial charge in [-0.05, 0) is 49.6 Å². The molecule has 2 amide bonds. The normalized spacial score (nSPS) is 11.7. The Bertz CT molecular complexity index is 1010. The molecule has 0 spiro atoms. The maximum absolute atomic E-state index is 12.5. The zero-order valence-electron chi connectivity index (χ0n) is 16.4. The summed E-state index contributed by atoms with van der Waals surface area (Å²) in [6.07, 6.45) is 0. The van der Waals surface area contributed by atoms with E-state index in [9.17, 15) is 9.59 Å². The molecule has 3 rings (SSSR count). The van der Waals surface area contributed by atoms with Crippen LogP contribution < -0.4 is 10.6 Å². The van der Waals surface area contributed by atoms with Crippen molar-refractivity contribution in [2.75, 3.05) is 5.32 Å². The number of hydrogen-bond donors (Lipinski definition) is 2. The van der Waals surface area contributed by atoms with E-state index in [1.165, 1.54) is 18.3 Å². The Kier molecular flexibility index (Phi) is 5.90. The van der Waals surface area contributed by atoms with E-state index in [0.717, 1.165) is 27.9 Å². The van der Waals surface area contributed by atoms with E-state index in [1.807, 2.05) is 68.6 Å². The van der Waals surface area contributed by atoms with Gasteiger partial charge in [-0.1, -0.05) is 30.3 Å². The first-order valence-corrected chi connectivity index (χ1v) is 9.93. The monoisotopic (exact) mass is 393 g/mol. The van der Waals surface area contributed by atoms with Crippen molar-refractivity contribution in [3.8, 4) is 11.3 Å². The quantitative estimate of drug-likeness (QED) is 0.649.